The fourth-order valence-corrected chi connectivity index (χ4v) is 1.66. The number of halogens is 2. The molecule has 0 aliphatic heterocycles. The summed E-state index contributed by atoms with van der Waals surface area (Å²) in [5, 5.41) is 3.29. The first-order valence-corrected chi connectivity index (χ1v) is 5.78. The van der Waals surface area contributed by atoms with Crippen molar-refractivity contribution in [1.29, 1.82) is 0 Å². The minimum atomic E-state index is -0.516. The number of benzene rings is 1. The van der Waals surface area contributed by atoms with Crippen molar-refractivity contribution in [3.05, 3.63) is 35.4 Å². The van der Waals surface area contributed by atoms with Crippen molar-refractivity contribution < 1.29 is 8.78 Å². The molecule has 1 rings (SSSR count). The summed E-state index contributed by atoms with van der Waals surface area (Å²) < 4.78 is 26.0. The van der Waals surface area contributed by atoms with Crippen LogP contribution in [0.25, 0.3) is 0 Å². The molecule has 3 heteroatoms. The van der Waals surface area contributed by atoms with Gasteiger partial charge >= 0.3 is 0 Å². The molecule has 90 valence electrons. The Morgan fingerprint density at radius 2 is 2.06 bits per heavy atom. The van der Waals surface area contributed by atoms with Gasteiger partial charge in [-0.1, -0.05) is 19.9 Å². The van der Waals surface area contributed by atoms with E-state index in [1.807, 2.05) is 0 Å². The third-order valence-corrected chi connectivity index (χ3v) is 2.50. The molecule has 0 heterocycles. The average molecular weight is 227 g/mol. The van der Waals surface area contributed by atoms with Gasteiger partial charge in [0.1, 0.15) is 11.6 Å². The van der Waals surface area contributed by atoms with E-state index in [9.17, 15) is 8.78 Å². The molecule has 16 heavy (non-hydrogen) atoms. The quantitative estimate of drug-likeness (QED) is 0.736. The van der Waals surface area contributed by atoms with E-state index < -0.39 is 11.6 Å². The van der Waals surface area contributed by atoms with Gasteiger partial charge in [-0.15, -0.1) is 0 Å². The van der Waals surface area contributed by atoms with Gasteiger partial charge in [-0.25, -0.2) is 8.78 Å². The first-order valence-electron chi connectivity index (χ1n) is 5.78. The summed E-state index contributed by atoms with van der Waals surface area (Å²) in [6.07, 6.45) is 1.74. The lowest BCUT2D eigenvalue weighted by molar-refractivity contribution is 0.493. The molecule has 0 aliphatic carbocycles. The molecule has 0 saturated heterocycles. The van der Waals surface area contributed by atoms with Gasteiger partial charge in [-0.05, 0) is 43.5 Å². The zero-order valence-electron chi connectivity index (χ0n) is 9.89. The van der Waals surface area contributed by atoms with E-state index >= 15 is 0 Å². The maximum Gasteiger partial charge on any atom is 0.129 e. The van der Waals surface area contributed by atoms with Gasteiger partial charge < -0.3 is 5.32 Å². The van der Waals surface area contributed by atoms with E-state index in [1.54, 1.807) is 0 Å². The molecule has 1 atom stereocenters. The fraction of sp³-hybridized carbons (Fsp3) is 0.538. The van der Waals surface area contributed by atoms with Gasteiger partial charge in [0.15, 0.2) is 0 Å². The van der Waals surface area contributed by atoms with Crippen molar-refractivity contribution >= 4 is 0 Å². The molecule has 1 unspecified atom stereocenters. The second-order valence-electron chi connectivity index (χ2n) is 4.25. The predicted molar refractivity (Wildman–Crippen MR) is 62.4 cm³/mol. The van der Waals surface area contributed by atoms with Gasteiger partial charge in [-0.3, -0.25) is 0 Å². The van der Waals surface area contributed by atoms with Crippen LogP contribution >= 0.6 is 0 Å². The van der Waals surface area contributed by atoms with Crippen LogP contribution in [0.5, 0.6) is 0 Å². The molecule has 0 bridgehead atoms. The topological polar surface area (TPSA) is 12.0 Å². The highest BCUT2D eigenvalue weighted by molar-refractivity contribution is 5.19. The SMILES string of the molecule is CCCNCC(C)Cc1ccc(F)cc1F. The lowest BCUT2D eigenvalue weighted by Gasteiger charge is -2.12. The zero-order chi connectivity index (χ0) is 12.0. The van der Waals surface area contributed by atoms with Gasteiger partial charge in [0.05, 0.1) is 0 Å². The average Bonchev–Trinajstić information content (AvgIpc) is 2.23. The Hall–Kier alpha value is -0.960. The van der Waals surface area contributed by atoms with Crippen LogP contribution in [-0.2, 0) is 6.42 Å². The van der Waals surface area contributed by atoms with E-state index in [2.05, 4.69) is 19.2 Å². The highest BCUT2D eigenvalue weighted by Gasteiger charge is 2.08. The van der Waals surface area contributed by atoms with Crippen molar-refractivity contribution in [2.24, 2.45) is 5.92 Å². The van der Waals surface area contributed by atoms with Gasteiger partial charge in [0, 0.05) is 6.07 Å². The highest BCUT2D eigenvalue weighted by atomic mass is 19.1. The van der Waals surface area contributed by atoms with Crippen molar-refractivity contribution in [3.8, 4) is 0 Å². The van der Waals surface area contributed by atoms with Crippen LogP contribution in [0.2, 0.25) is 0 Å². The lowest BCUT2D eigenvalue weighted by atomic mass is 10.0. The first-order chi connectivity index (χ1) is 7.63. The molecule has 0 fully saturated rings. The summed E-state index contributed by atoms with van der Waals surface area (Å²) >= 11 is 0. The van der Waals surface area contributed by atoms with Crippen molar-refractivity contribution in [3.63, 3.8) is 0 Å². The zero-order valence-corrected chi connectivity index (χ0v) is 9.89. The number of hydrogen-bond donors (Lipinski definition) is 1. The van der Waals surface area contributed by atoms with Crippen LogP contribution < -0.4 is 5.32 Å². The maximum atomic E-state index is 13.3. The Morgan fingerprint density at radius 3 is 2.69 bits per heavy atom. The van der Waals surface area contributed by atoms with Crippen LogP contribution in [0, 0.1) is 17.6 Å². The Labute approximate surface area is 95.9 Å². The summed E-state index contributed by atoms with van der Waals surface area (Å²) in [6, 6.07) is 3.78. The van der Waals surface area contributed by atoms with Crippen LogP contribution in [0.15, 0.2) is 18.2 Å². The number of nitrogens with one attached hydrogen (secondary N) is 1. The Balaban J connectivity index is 2.46. The van der Waals surface area contributed by atoms with Crippen LogP contribution in [0.4, 0.5) is 8.78 Å². The van der Waals surface area contributed by atoms with Crippen LogP contribution in [-0.4, -0.2) is 13.1 Å². The summed E-state index contributed by atoms with van der Waals surface area (Å²) in [4.78, 5) is 0. The van der Waals surface area contributed by atoms with Crippen molar-refractivity contribution in [2.75, 3.05) is 13.1 Å². The number of rotatable bonds is 6. The van der Waals surface area contributed by atoms with Crippen molar-refractivity contribution in [2.45, 2.75) is 26.7 Å². The van der Waals surface area contributed by atoms with E-state index in [-0.39, 0.29) is 0 Å². The second kappa shape index (κ2) is 6.59. The molecular formula is C13H19F2N. The van der Waals surface area contributed by atoms with Gasteiger partial charge in [0.2, 0.25) is 0 Å². The standard InChI is InChI=1S/C13H19F2N/c1-3-6-16-9-10(2)7-11-4-5-12(14)8-13(11)15/h4-5,8,10,16H,3,6-7,9H2,1-2H3. The van der Waals surface area contributed by atoms with Gasteiger partial charge in [-0.2, -0.15) is 0 Å². The van der Waals surface area contributed by atoms with Crippen LogP contribution in [0.1, 0.15) is 25.8 Å². The van der Waals surface area contributed by atoms with Crippen molar-refractivity contribution in [1.82, 2.24) is 5.32 Å². The molecule has 1 nitrogen and oxygen atoms in total. The van der Waals surface area contributed by atoms with Gasteiger partial charge in [0.25, 0.3) is 0 Å². The highest BCUT2D eigenvalue weighted by Crippen LogP contribution is 2.13. The summed E-state index contributed by atoms with van der Waals surface area (Å²) in [7, 11) is 0. The smallest absolute Gasteiger partial charge is 0.129 e. The predicted octanol–water partition coefficient (Wildman–Crippen LogP) is 3.14. The first kappa shape index (κ1) is 13.1. The molecule has 1 N–H and O–H groups in total. The molecule has 1 aromatic rings. The normalized spacial score (nSPS) is 12.8. The van der Waals surface area contributed by atoms with E-state index in [1.165, 1.54) is 12.1 Å². The minimum absolute atomic E-state index is 0.353. The minimum Gasteiger partial charge on any atom is -0.316 e. The monoisotopic (exact) mass is 227 g/mol. The molecule has 1 aromatic carbocycles. The van der Waals surface area contributed by atoms with Crippen LogP contribution in [0.3, 0.4) is 0 Å². The Bertz CT molecular complexity index is 326. The molecule has 0 radical (unpaired) electrons. The summed E-state index contributed by atoms with van der Waals surface area (Å²) in [5.41, 5.74) is 0.590. The third kappa shape index (κ3) is 4.27. The van der Waals surface area contributed by atoms with E-state index in [0.29, 0.717) is 17.9 Å². The molecular weight excluding hydrogens is 208 g/mol. The van der Waals surface area contributed by atoms with E-state index in [4.69, 9.17) is 0 Å². The Kier molecular flexibility index (Phi) is 5.39. The lowest BCUT2D eigenvalue weighted by Crippen LogP contribution is -2.23. The fourth-order valence-electron chi connectivity index (χ4n) is 1.66. The maximum absolute atomic E-state index is 13.3. The number of hydrogen-bond acceptors (Lipinski definition) is 1. The van der Waals surface area contributed by atoms with E-state index in [0.717, 1.165) is 25.6 Å². The largest absolute Gasteiger partial charge is 0.316 e. The molecule has 0 saturated carbocycles. The Morgan fingerprint density at radius 1 is 1.31 bits per heavy atom. The third-order valence-electron chi connectivity index (χ3n) is 2.50. The summed E-state index contributed by atoms with van der Waals surface area (Å²) in [6.45, 7) is 6.02. The molecule has 0 spiro atoms. The molecule has 0 aliphatic rings. The molecule has 0 aromatic heterocycles. The summed E-state index contributed by atoms with van der Waals surface area (Å²) in [5.74, 6) is -0.605. The second-order valence-corrected chi connectivity index (χ2v) is 4.25. The molecule has 0 amide bonds.